The van der Waals surface area contributed by atoms with Crippen LogP contribution in [0.4, 0.5) is 10.1 Å². The third-order valence-corrected chi connectivity index (χ3v) is 5.17. The minimum absolute atomic E-state index is 0.0493. The number of nitrogen functional groups attached to an aromatic ring is 1. The highest BCUT2D eigenvalue weighted by Gasteiger charge is 2.48. The van der Waals surface area contributed by atoms with E-state index in [4.69, 9.17) is 5.73 Å². The first-order valence-corrected chi connectivity index (χ1v) is 7.38. The zero-order valence-corrected chi connectivity index (χ0v) is 11.5. The molecule has 2 rings (SSSR count). The second kappa shape index (κ2) is 4.43. The molecule has 5 nitrogen and oxygen atoms in total. The molecule has 0 aliphatic heterocycles. The van der Waals surface area contributed by atoms with Crippen LogP contribution in [0.3, 0.4) is 0 Å². The number of benzene rings is 1. The summed E-state index contributed by atoms with van der Waals surface area (Å²) >= 11 is 0. The number of rotatable bonds is 3. The molecule has 0 radical (unpaired) electrons. The lowest BCUT2D eigenvalue weighted by Gasteiger charge is -2.49. The van der Waals surface area contributed by atoms with Crippen molar-refractivity contribution >= 4 is 15.7 Å². The Morgan fingerprint density at radius 1 is 1.42 bits per heavy atom. The molecule has 4 N–H and O–H groups in total. The minimum Gasteiger partial charge on any atom is -0.399 e. The van der Waals surface area contributed by atoms with Gasteiger partial charge in [0.2, 0.25) is 10.0 Å². The van der Waals surface area contributed by atoms with Crippen LogP contribution in [0.1, 0.15) is 20.3 Å². The summed E-state index contributed by atoms with van der Waals surface area (Å²) in [6.45, 7) is 3.54. The zero-order chi connectivity index (χ0) is 14.4. The molecule has 7 heteroatoms. The molecule has 0 amide bonds. The van der Waals surface area contributed by atoms with Crippen molar-refractivity contribution < 1.29 is 17.9 Å². The van der Waals surface area contributed by atoms with Gasteiger partial charge >= 0.3 is 0 Å². The largest absolute Gasteiger partial charge is 0.399 e. The maximum Gasteiger partial charge on any atom is 0.241 e. The molecule has 0 aromatic heterocycles. The molecule has 1 saturated carbocycles. The lowest BCUT2D eigenvalue weighted by molar-refractivity contribution is -0.0645. The van der Waals surface area contributed by atoms with Gasteiger partial charge in [0.1, 0.15) is 5.82 Å². The Bertz CT molecular complexity index is 581. The van der Waals surface area contributed by atoms with E-state index in [9.17, 15) is 17.9 Å². The van der Waals surface area contributed by atoms with Crippen LogP contribution in [-0.4, -0.2) is 25.7 Å². The van der Waals surface area contributed by atoms with Crippen molar-refractivity contribution in [3.63, 3.8) is 0 Å². The Hall–Kier alpha value is -1.18. The topological polar surface area (TPSA) is 92.4 Å². The van der Waals surface area contributed by atoms with Gasteiger partial charge in [0.05, 0.1) is 11.0 Å². The summed E-state index contributed by atoms with van der Waals surface area (Å²) in [6.07, 6.45) is -0.199. The molecule has 1 aliphatic carbocycles. The van der Waals surface area contributed by atoms with Gasteiger partial charge in [0.15, 0.2) is 0 Å². The summed E-state index contributed by atoms with van der Waals surface area (Å²) in [4.78, 5) is -0.206. The van der Waals surface area contributed by atoms with Gasteiger partial charge in [-0.05, 0) is 24.6 Å². The van der Waals surface area contributed by atoms with E-state index in [0.717, 1.165) is 12.1 Å². The number of sulfonamides is 1. The highest BCUT2D eigenvalue weighted by atomic mass is 32.2. The third-order valence-electron chi connectivity index (χ3n) is 3.72. The Kier molecular flexibility index (Phi) is 3.32. The van der Waals surface area contributed by atoms with Crippen LogP contribution in [0.15, 0.2) is 23.1 Å². The predicted octanol–water partition coefficient (Wildman–Crippen LogP) is 0.846. The first-order chi connectivity index (χ1) is 8.63. The standard InChI is InChI=1S/C12H17FN2O3S/c1-12(2)10(6-11(12)16)15-19(17,18)9-4-7(13)3-8(14)5-9/h3-5,10-11,15-16H,6,14H2,1-2H3. The lowest BCUT2D eigenvalue weighted by Crippen LogP contribution is -2.61. The van der Waals surface area contributed by atoms with Crippen molar-refractivity contribution in [1.82, 2.24) is 4.72 Å². The van der Waals surface area contributed by atoms with E-state index in [1.54, 1.807) is 13.8 Å². The Labute approximate surface area is 111 Å². The summed E-state index contributed by atoms with van der Waals surface area (Å²) in [5.74, 6) is -0.701. The quantitative estimate of drug-likeness (QED) is 0.719. The van der Waals surface area contributed by atoms with E-state index in [2.05, 4.69) is 4.72 Å². The molecule has 1 aliphatic rings. The van der Waals surface area contributed by atoms with Gasteiger partial charge in [-0.2, -0.15) is 0 Å². The van der Waals surface area contributed by atoms with Gasteiger partial charge in [-0.25, -0.2) is 17.5 Å². The van der Waals surface area contributed by atoms with Crippen molar-refractivity contribution in [2.24, 2.45) is 5.41 Å². The summed E-state index contributed by atoms with van der Waals surface area (Å²) in [7, 11) is -3.84. The van der Waals surface area contributed by atoms with E-state index in [-0.39, 0.29) is 16.6 Å². The number of hydrogen-bond donors (Lipinski definition) is 3. The maximum atomic E-state index is 13.2. The Morgan fingerprint density at radius 2 is 2.05 bits per heavy atom. The smallest absolute Gasteiger partial charge is 0.241 e. The van der Waals surface area contributed by atoms with Crippen LogP contribution in [0.25, 0.3) is 0 Å². The van der Waals surface area contributed by atoms with Crippen LogP contribution < -0.4 is 10.5 Å². The van der Waals surface area contributed by atoms with Crippen molar-refractivity contribution in [2.45, 2.75) is 37.3 Å². The number of anilines is 1. The summed E-state index contributed by atoms with van der Waals surface area (Å²) in [5.41, 5.74) is 4.95. The van der Waals surface area contributed by atoms with Gasteiger partial charge in [0.25, 0.3) is 0 Å². The first-order valence-electron chi connectivity index (χ1n) is 5.89. The molecule has 2 atom stereocenters. The maximum absolute atomic E-state index is 13.2. The molecule has 0 bridgehead atoms. The second-order valence-corrected chi connectivity index (χ2v) is 7.18. The number of nitrogens with two attached hydrogens (primary N) is 1. The van der Waals surface area contributed by atoms with Crippen molar-refractivity contribution in [3.05, 3.63) is 24.0 Å². The zero-order valence-electron chi connectivity index (χ0n) is 10.7. The van der Waals surface area contributed by atoms with Gasteiger partial charge in [0, 0.05) is 17.1 Å². The average molecular weight is 288 g/mol. The fraction of sp³-hybridized carbons (Fsp3) is 0.500. The number of aliphatic hydroxyl groups is 1. The molecule has 2 unspecified atom stereocenters. The molecule has 1 aromatic carbocycles. The molecule has 106 valence electrons. The fourth-order valence-corrected chi connectivity index (χ4v) is 3.57. The number of nitrogens with one attached hydrogen (secondary N) is 1. The van der Waals surface area contributed by atoms with Gasteiger partial charge in [-0.15, -0.1) is 0 Å². The first kappa shape index (κ1) is 14.2. The van der Waals surface area contributed by atoms with Gasteiger partial charge in [-0.3, -0.25) is 0 Å². The molecule has 19 heavy (non-hydrogen) atoms. The Morgan fingerprint density at radius 3 is 2.53 bits per heavy atom. The highest BCUT2D eigenvalue weighted by Crippen LogP contribution is 2.41. The van der Waals surface area contributed by atoms with Crippen molar-refractivity contribution in [2.75, 3.05) is 5.73 Å². The lowest BCUT2D eigenvalue weighted by atomic mass is 9.65. The van der Waals surface area contributed by atoms with Crippen molar-refractivity contribution in [1.29, 1.82) is 0 Å². The minimum atomic E-state index is -3.84. The monoisotopic (exact) mass is 288 g/mol. The summed E-state index contributed by atoms with van der Waals surface area (Å²) in [6, 6.07) is 2.79. The molecular weight excluding hydrogens is 271 g/mol. The summed E-state index contributed by atoms with van der Waals surface area (Å²) < 4.78 is 39.9. The average Bonchev–Trinajstić information content (AvgIpc) is 2.27. The normalized spacial score (nSPS) is 25.9. The van der Waals surface area contributed by atoms with E-state index >= 15 is 0 Å². The summed E-state index contributed by atoms with van der Waals surface area (Å²) in [5, 5.41) is 9.59. The van der Waals surface area contributed by atoms with Crippen LogP contribution in [0, 0.1) is 11.2 Å². The third kappa shape index (κ3) is 2.58. The second-order valence-electron chi connectivity index (χ2n) is 5.47. The van der Waals surface area contributed by atoms with E-state index < -0.39 is 27.4 Å². The molecule has 1 fully saturated rings. The molecule has 0 heterocycles. The van der Waals surface area contributed by atoms with Crippen LogP contribution >= 0.6 is 0 Å². The predicted molar refractivity (Wildman–Crippen MR) is 69.3 cm³/mol. The molecule has 0 saturated heterocycles. The number of aliphatic hydroxyl groups excluding tert-OH is 1. The SMILES string of the molecule is CC1(C)C(O)CC1NS(=O)(=O)c1cc(N)cc(F)c1. The fourth-order valence-electron chi connectivity index (χ4n) is 2.10. The molecule has 0 spiro atoms. The van der Waals surface area contributed by atoms with E-state index in [1.807, 2.05) is 0 Å². The Balaban J connectivity index is 2.24. The van der Waals surface area contributed by atoms with E-state index in [0.29, 0.717) is 6.42 Å². The van der Waals surface area contributed by atoms with Crippen molar-refractivity contribution in [3.8, 4) is 0 Å². The number of halogens is 1. The van der Waals surface area contributed by atoms with Crippen LogP contribution in [0.5, 0.6) is 0 Å². The van der Waals surface area contributed by atoms with Crippen LogP contribution in [0.2, 0.25) is 0 Å². The van der Waals surface area contributed by atoms with Gasteiger partial charge in [-0.1, -0.05) is 13.8 Å². The number of hydrogen-bond acceptors (Lipinski definition) is 4. The van der Waals surface area contributed by atoms with Crippen LogP contribution in [-0.2, 0) is 10.0 Å². The van der Waals surface area contributed by atoms with Gasteiger partial charge < -0.3 is 10.8 Å². The molecular formula is C12H17FN2O3S. The van der Waals surface area contributed by atoms with E-state index in [1.165, 1.54) is 6.07 Å². The molecule has 1 aromatic rings. The highest BCUT2D eigenvalue weighted by molar-refractivity contribution is 7.89.